The van der Waals surface area contributed by atoms with Gasteiger partial charge >= 0.3 is 0 Å². The highest BCUT2D eigenvalue weighted by Crippen LogP contribution is 2.34. The summed E-state index contributed by atoms with van der Waals surface area (Å²) in [5.74, 6) is -2.58. The van der Waals surface area contributed by atoms with E-state index < -0.39 is 22.7 Å². The fourth-order valence-electron chi connectivity index (χ4n) is 2.17. The molecule has 122 valence electrons. The normalized spacial score (nSPS) is 11.3. The number of hydrogen-bond donors (Lipinski definition) is 5. The van der Waals surface area contributed by atoms with E-state index in [1.54, 1.807) is 0 Å². The summed E-state index contributed by atoms with van der Waals surface area (Å²) in [7, 11) is 0. The summed E-state index contributed by atoms with van der Waals surface area (Å²) in [6.45, 7) is 0. The first-order valence-electron chi connectivity index (χ1n) is 6.79. The van der Waals surface area contributed by atoms with Gasteiger partial charge in [-0.3, -0.25) is 4.79 Å². The fourth-order valence-corrected chi connectivity index (χ4v) is 2.17. The Labute approximate surface area is 134 Å². The van der Waals surface area contributed by atoms with Gasteiger partial charge in [0.05, 0.1) is 5.39 Å². The molecule has 0 spiro atoms. The molecule has 3 rings (SSSR count). The summed E-state index contributed by atoms with van der Waals surface area (Å²) < 4.78 is 5.30. The number of rotatable bonds is 2. The lowest BCUT2D eigenvalue weighted by Crippen LogP contribution is -2.02. The number of aromatic hydroxyl groups is 5. The summed E-state index contributed by atoms with van der Waals surface area (Å²) in [6.07, 6.45) is 2.67. The maximum atomic E-state index is 12.1. The van der Waals surface area contributed by atoms with Gasteiger partial charge in [0.15, 0.2) is 28.6 Å². The van der Waals surface area contributed by atoms with Crippen LogP contribution < -0.4 is 5.43 Å². The zero-order valence-electron chi connectivity index (χ0n) is 12.1. The van der Waals surface area contributed by atoms with Gasteiger partial charge in [-0.25, -0.2) is 0 Å². The van der Waals surface area contributed by atoms with Gasteiger partial charge in [-0.1, -0.05) is 12.1 Å². The molecule has 1 heterocycles. The molecule has 0 aliphatic rings. The molecule has 2 aromatic carbocycles. The maximum Gasteiger partial charge on any atom is 0.235 e. The van der Waals surface area contributed by atoms with Crippen molar-refractivity contribution in [2.75, 3.05) is 0 Å². The third kappa shape index (κ3) is 2.48. The Morgan fingerprint density at radius 3 is 2.21 bits per heavy atom. The molecule has 0 bridgehead atoms. The molecular weight excluding hydrogens is 316 g/mol. The quantitative estimate of drug-likeness (QED) is 0.457. The van der Waals surface area contributed by atoms with Crippen LogP contribution in [-0.4, -0.2) is 25.5 Å². The minimum absolute atomic E-state index is 0.0813. The van der Waals surface area contributed by atoms with E-state index in [0.29, 0.717) is 5.56 Å². The predicted molar refractivity (Wildman–Crippen MR) is 86.2 cm³/mol. The van der Waals surface area contributed by atoms with Crippen LogP contribution in [0.15, 0.2) is 39.5 Å². The van der Waals surface area contributed by atoms with E-state index in [9.17, 15) is 30.3 Å². The molecular formula is C17H12O7. The first-order chi connectivity index (χ1) is 11.4. The molecule has 7 nitrogen and oxygen atoms in total. The second-order valence-electron chi connectivity index (χ2n) is 5.04. The molecule has 0 fully saturated rings. The van der Waals surface area contributed by atoms with Crippen LogP contribution in [0.2, 0.25) is 0 Å². The van der Waals surface area contributed by atoms with Crippen molar-refractivity contribution in [1.82, 2.24) is 0 Å². The maximum absolute atomic E-state index is 12.1. The molecule has 3 aromatic rings. The van der Waals surface area contributed by atoms with Gasteiger partial charge in [-0.2, -0.15) is 0 Å². The van der Waals surface area contributed by atoms with E-state index in [2.05, 4.69) is 0 Å². The minimum Gasteiger partial charge on any atom is -0.504 e. The molecule has 0 amide bonds. The van der Waals surface area contributed by atoms with Crippen molar-refractivity contribution in [1.29, 1.82) is 0 Å². The van der Waals surface area contributed by atoms with Gasteiger partial charge < -0.3 is 29.9 Å². The SMILES string of the molecule is O=c1c(O)c(/C=C/c2ccc(O)c(O)c2)oc2c(O)c(O)ccc12. The molecule has 0 radical (unpaired) electrons. The van der Waals surface area contributed by atoms with Gasteiger partial charge in [-0.15, -0.1) is 0 Å². The van der Waals surface area contributed by atoms with Crippen LogP contribution in [0.5, 0.6) is 28.7 Å². The summed E-state index contributed by atoms with van der Waals surface area (Å²) in [5, 5.41) is 47.8. The number of benzene rings is 2. The van der Waals surface area contributed by atoms with Crippen molar-refractivity contribution in [2.24, 2.45) is 0 Å². The van der Waals surface area contributed by atoms with E-state index in [1.165, 1.54) is 36.4 Å². The van der Waals surface area contributed by atoms with Crippen LogP contribution in [0.4, 0.5) is 0 Å². The van der Waals surface area contributed by atoms with E-state index in [0.717, 1.165) is 6.07 Å². The lowest BCUT2D eigenvalue weighted by Gasteiger charge is -2.05. The van der Waals surface area contributed by atoms with Crippen molar-refractivity contribution < 1.29 is 29.9 Å². The average molecular weight is 328 g/mol. The minimum atomic E-state index is -0.764. The van der Waals surface area contributed by atoms with Crippen LogP contribution in [0.3, 0.4) is 0 Å². The smallest absolute Gasteiger partial charge is 0.235 e. The highest BCUT2D eigenvalue weighted by atomic mass is 16.4. The lowest BCUT2D eigenvalue weighted by molar-refractivity contribution is 0.394. The Kier molecular flexibility index (Phi) is 3.53. The molecule has 0 saturated heterocycles. The molecule has 0 aliphatic heterocycles. The monoisotopic (exact) mass is 328 g/mol. The Bertz CT molecular complexity index is 1030. The van der Waals surface area contributed by atoms with E-state index in [4.69, 9.17) is 4.42 Å². The number of fused-ring (bicyclic) bond motifs is 1. The molecule has 5 N–H and O–H groups in total. The Balaban J connectivity index is 2.14. The van der Waals surface area contributed by atoms with Crippen LogP contribution in [0.25, 0.3) is 23.1 Å². The zero-order valence-corrected chi connectivity index (χ0v) is 12.1. The largest absolute Gasteiger partial charge is 0.504 e. The Morgan fingerprint density at radius 2 is 1.50 bits per heavy atom. The van der Waals surface area contributed by atoms with E-state index in [-0.39, 0.29) is 28.2 Å². The predicted octanol–water partition coefficient (Wildman–Crippen LogP) is 2.49. The Hall–Kier alpha value is -3.61. The second-order valence-corrected chi connectivity index (χ2v) is 5.04. The van der Waals surface area contributed by atoms with Gasteiger partial charge in [0.2, 0.25) is 16.9 Å². The van der Waals surface area contributed by atoms with Gasteiger partial charge in [0, 0.05) is 0 Å². The van der Waals surface area contributed by atoms with E-state index in [1.807, 2.05) is 0 Å². The van der Waals surface area contributed by atoms with Crippen LogP contribution >= 0.6 is 0 Å². The van der Waals surface area contributed by atoms with Crippen molar-refractivity contribution in [3.05, 3.63) is 51.9 Å². The summed E-state index contributed by atoms with van der Waals surface area (Å²) in [5.41, 5.74) is -0.557. The van der Waals surface area contributed by atoms with Crippen LogP contribution in [0, 0.1) is 0 Å². The van der Waals surface area contributed by atoms with Crippen LogP contribution in [0.1, 0.15) is 11.3 Å². The molecule has 0 atom stereocenters. The number of hydrogen-bond acceptors (Lipinski definition) is 7. The third-order valence-electron chi connectivity index (χ3n) is 3.44. The van der Waals surface area contributed by atoms with Crippen molar-refractivity contribution in [3.8, 4) is 28.7 Å². The standard InChI is InChI=1S/C17H12O7/c18-10-4-1-8(7-12(10)20)2-6-13-16(23)14(21)9-3-5-11(19)15(22)17(9)24-13/h1-7,18-20,22-23H/b6-2+. The first kappa shape index (κ1) is 15.3. The van der Waals surface area contributed by atoms with E-state index >= 15 is 0 Å². The summed E-state index contributed by atoms with van der Waals surface area (Å²) in [6, 6.07) is 6.37. The van der Waals surface area contributed by atoms with Gasteiger partial charge in [0.25, 0.3) is 0 Å². The van der Waals surface area contributed by atoms with Gasteiger partial charge in [-0.05, 0) is 35.9 Å². The van der Waals surface area contributed by atoms with Crippen molar-refractivity contribution >= 4 is 23.1 Å². The van der Waals surface area contributed by atoms with Crippen molar-refractivity contribution in [2.45, 2.75) is 0 Å². The summed E-state index contributed by atoms with van der Waals surface area (Å²) >= 11 is 0. The first-order valence-corrected chi connectivity index (χ1v) is 6.79. The third-order valence-corrected chi connectivity index (χ3v) is 3.44. The lowest BCUT2D eigenvalue weighted by atomic mass is 10.1. The summed E-state index contributed by atoms with van der Waals surface area (Å²) in [4.78, 5) is 12.1. The highest BCUT2D eigenvalue weighted by molar-refractivity contribution is 5.87. The molecule has 7 heteroatoms. The fraction of sp³-hybridized carbons (Fsp3) is 0. The molecule has 0 aliphatic carbocycles. The van der Waals surface area contributed by atoms with Crippen LogP contribution in [-0.2, 0) is 0 Å². The van der Waals surface area contributed by atoms with Gasteiger partial charge in [0.1, 0.15) is 0 Å². The topological polar surface area (TPSA) is 131 Å². The number of phenols is 4. The Morgan fingerprint density at radius 1 is 0.792 bits per heavy atom. The molecule has 0 saturated carbocycles. The van der Waals surface area contributed by atoms with Crippen molar-refractivity contribution in [3.63, 3.8) is 0 Å². The highest BCUT2D eigenvalue weighted by Gasteiger charge is 2.16. The molecule has 24 heavy (non-hydrogen) atoms. The average Bonchev–Trinajstić information content (AvgIpc) is 2.56. The number of phenolic OH excluding ortho intramolecular Hbond substituents is 4. The zero-order chi connectivity index (χ0) is 17.4. The second kappa shape index (κ2) is 5.54. The molecule has 0 unspecified atom stereocenters. The molecule has 1 aromatic heterocycles.